The van der Waals surface area contributed by atoms with Crippen LogP contribution < -0.4 is 4.74 Å². The molecule has 1 heterocycles. The van der Waals surface area contributed by atoms with Crippen molar-refractivity contribution in [3.63, 3.8) is 0 Å². The molecule has 112 valence electrons. The van der Waals surface area contributed by atoms with Gasteiger partial charge in [0.1, 0.15) is 5.75 Å². The second-order valence-electron chi connectivity index (χ2n) is 5.90. The number of hydrogen-bond donors (Lipinski definition) is 0. The average Bonchev–Trinajstić information content (AvgIpc) is 2.48. The summed E-state index contributed by atoms with van der Waals surface area (Å²) in [5.41, 5.74) is 1.39. The highest BCUT2D eigenvalue weighted by molar-refractivity contribution is 5.29. The van der Waals surface area contributed by atoms with E-state index in [2.05, 4.69) is 36.1 Å². The lowest BCUT2D eigenvalue weighted by Crippen LogP contribution is -2.39. The van der Waals surface area contributed by atoms with E-state index in [4.69, 9.17) is 9.47 Å². The van der Waals surface area contributed by atoms with Gasteiger partial charge in [0.15, 0.2) is 0 Å². The smallest absolute Gasteiger partial charge is 0.118 e. The lowest BCUT2D eigenvalue weighted by molar-refractivity contribution is 0.0883. The lowest BCUT2D eigenvalue weighted by atomic mass is 9.95. The minimum absolute atomic E-state index is 0.558. The van der Waals surface area contributed by atoms with E-state index >= 15 is 0 Å². The van der Waals surface area contributed by atoms with Crippen LogP contribution in [0.3, 0.4) is 0 Å². The molecule has 0 N–H and O–H groups in total. The van der Waals surface area contributed by atoms with E-state index in [1.165, 1.54) is 31.5 Å². The fourth-order valence-corrected chi connectivity index (χ4v) is 3.11. The Kier molecular flexibility index (Phi) is 5.86. The Morgan fingerprint density at radius 3 is 2.65 bits per heavy atom. The molecule has 1 aliphatic rings. The number of ether oxygens (including phenoxy) is 2. The first-order valence-electron chi connectivity index (χ1n) is 7.58. The van der Waals surface area contributed by atoms with Gasteiger partial charge in [-0.3, -0.25) is 0 Å². The van der Waals surface area contributed by atoms with Gasteiger partial charge in [-0.2, -0.15) is 0 Å². The fourth-order valence-electron chi connectivity index (χ4n) is 3.11. The molecule has 3 nitrogen and oxygen atoms in total. The zero-order valence-corrected chi connectivity index (χ0v) is 13.0. The highest BCUT2D eigenvalue weighted by atomic mass is 16.5. The maximum atomic E-state index is 5.30. The quantitative estimate of drug-likeness (QED) is 0.797. The Hall–Kier alpha value is -1.06. The van der Waals surface area contributed by atoms with Crippen LogP contribution >= 0.6 is 0 Å². The van der Waals surface area contributed by atoms with Gasteiger partial charge in [0.05, 0.1) is 13.7 Å². The Bertz CT molecular complexity index is 388. The predicted molar refractivity (Wildman–Crippen MR) is 82.4 cm³/mol. The van der Waals surface area contributed by atoms with Crippen LogP contribution in [0.25, 0.3) is 0 Å². The summed E-state index contributed by atoms with van der Waals surface area (Å²) < 4.78 is 10.5. The summed E-state index contributed by atoms with van der Waals surface area (Å²) in [4.78, 5) is 2.59. The number of benzene rings is 1. The molecule has 1 aromatic rings. The Labute approximate surface area is 122 Å². The number of methoxy groups -OCH3 is 2. The average molecular weight is 277 g/mol. The summed E-state index contributed by atoms with van der Waals surface area (Å²) in [5.74, 6) is 2.19. The van der Waals surface area contributed by atoms with Crippen LogP contribution in [0.15, 0.2) is 24.3 Å². The molecule has 0 aliphatic carbocycles. The normalized spacial score (nSPS) is 21.6. The van der Waals surface area contributed by atoms with Crippen molar-refractivity contribution in [2.75, 3.05) is 40.5 Å². The van der Waals surface area contributed by atoms with Crippen LogP contribution in [0.4, 0.5) is 0 Å². The number of rotatable bonds is 6. The van der Waals surface area contributed by atoms with Gasteiger partial charge in [0.2, 0.25) is 0 Å². The van der Waals surface area contributed by atoms with Crippen molar-refractivity contribution in [2.24, 2.45) is 5.92 Å². The number of nitrogens with zero attached hydrogens (tertiary/aromatic N) is 1. The molecule has 0 radical (unpaired) electrons. The Balaban J connectivity index is 1.87. The molecular weight excluding hydrogens is 250 g/mol. The molecule has 0 aromatic heterocycles. The SMILES string of the molecule is COC[C@@H]1CCCN(C[C@@H](C)c2ccc(OC)cc2)C1. The molecule has 1 saturated heterocycles. The van der Waals surface area contributed by atoms with Crippen LogP contribution in [0, 0.1) is 5.92 Å². The van der Waals surface area contributed by atoms with E-state index in [0.717, 1.165) is 18.9 Å². The van der Waals surface area contributed by atoms with Crippen molar-refractivity contribution >= 4 is 0 Å². The van der Waals surface area contributed by atoms with Crippen LogP contribution in [0.2, 0.25) is 0 Å². The van der Waals surface area contributed by atoms with E-state index in [0.29, 0.717) is 11.8 Å². The zero-order valence-electron chi connectivity index (χ0n) is 13.0. The molecule has 1 aliphatic heterocycles. The molecule has 0 saturated carbocycles. The molecule has 1 fully saturated rings. The van der Waals surface area contributed by atoms with Gasteiger partial charge >= 0.3 is 0 Å². The first kappa shape index (κ1) is 15.3. The topological polar surface area (TPSA) is 21.7 Å². The summed E-state index contributed by atoms with van der Waals surface area (Å²) >= 11 is 0. The number of likely N-dealkylation sites (tertiary alicyclic amines) is 1. The zero-order chi connectivity index (χ0) is 14.4. The Morgan fingerprint density at radius 1 is 1.25 bits per heavy atom. The maximum absolute atomic E-state index is 5.30. The van der Waals surface area contributed by atoms with Crippen LogP contribution in [-0.2, 0) is 4.74 Å². The van der Waals surface area contributed by atoms with Crippen molar-refractivity contribution in [2.45, 2.75) is 25.7 Å². The molecule has 2 rings (SSSR count). The van der Waals surface area contributed by atoms with Crippen LogP contribution in [0.5, 0.6) is 5.75 Å². The van der Waals surface area contributed by atoms with Crippen molar-refractivity contribution < 1.29 is 9.47 Å². The third-order valence-corrected chi connectivity index (χ3v) is 4.22. The highest BCUT2D eigenvalue weighted by Crippen LogP contribution is 2.23. The fraction of sp³-hybridized carbons (Fsp3) is 0.647. The second kappa shape index (κ2) is 7.65. The molecule has 0 spiro atoms. The van der Waals surface area contributed by atoms with Gasteiger partial charge < -0.3 is 14.4 Å². The molecule has 2 atom stereocenters. The first-order valence-corrected chi connectivity index (χ1v) is 7.58. The van der Waals surface area contributed by atoms with Gasteiger partial charge in [-0.25, -0.2) is 0 Å². The number of piperidine rings is 1. The monoisotopic (exact) mass is 277 g/mol. The summed E-state index contributed by atoms with van der Waals surface area (Å²) in [7, 11) is 3.51. The van der Waals surface area contributed by atoms with E-state index in [9.17, 15) is 0 Å². The molecule has 20 heavy (non-hydrogen) atoms. The summed E-state index contributed by atoms with van der Waals surface area (Å²) in [5, 5.41) is 0. The summed E-state index contributed by atoms with van der Waals surface area (Å²) in [6.45, 7) is 6.73. The molecule has 3 heteroatoms. The van der Waals surface area contributed by atoms with Crippen molar-refractivity contribution in [1.82, 2.24) is 4.90 Å². The van der Waals surface area contributed by atoms with Gasteiger partial charge in [-0.15, -0.1) is 0 Å². The van der Waals surface area contributed by atoms with Gasteiger partial charge in [0, 0.05) is 20.2 Å². The van der Waals surface area contributed by atoms with E-state index in [1.54, 1.807) is 14.2 Å². The van der Waals surface area contributed by atoms with Gasteiger partial charge in [-0.05, 0) is 48.9 Å². The third kappa shape index (κ3) is 4.22. The minimum Gasteiger partial charge on any atom is -0.497 e. The van der Waals surface area contributed by atoms with Crippen molar-refractivity contribution in [3.8, 4) is 5.75 Å². The van der Waals surface area contributed by atoms with Crippen molar-refractivity contribution in [1.29, 1.82) is 0 Å². The van der Waals surface area contributed by atoms with E-state index in [-0.39, 0.29) is 0 Å². The minimum atomic E-state index is 0.558. The number of hydrogen-bond acceptors (Lipinski definition) is 3. The molecule has 1 aromatic carbocycles. The van der Waals surface area contributed by atoms with Crippen molar-refractivity contribution in [3.05, 3.63) is 29.8 Å². The first-order chi connectivity index (χ1) is 9.72. The Morgan fingerprint density at radius 2 is 2.00 bits per heavy atom. The summed E-state index contributed by atoms with van der Waals surface area (Å²) in [6.07, 6.45) is 2.60. The van der Waals surface area contributed by atoms with E-state index in [1.807, 2.05) is 0 Å². The molecule has 0 amide bonds. The third-order valence-electron chi connectivity index (χ3n) is 4.22. The molecule has 0 bridgehead atoms. The molecule has 0 unspecified atom stereocenters. The lowest BCUT2D eigenvalue weighted by Gasteiger charge is -2.34. The standard InChI is InChI=1S/C17H27NO2/c1-14(16-6-8-17(20-3)9-7-16)11-18-10-4-5-15(12-18)13-19-2/h6-9,14-15H,4-5,10-13H2,1-3H3/t14-,15-/m1/s1. The van der Waals surface area contributed by atoms with Gasteiger partial charge in [-0.1, -0.05) is 19.1 Å². The summed E-state index contributed by atoms with van der Waals surface area (Å²) in [6, 6.07) is 8.46. The van der Waals surface area contributed by atoms with Gasteiger partial charge in [0.25, 0.3) is 0 Å². The maximum Gasteiger partial charge on any atom is 0.118 e. The predicted octanol–water partition coefficient (Wildman–Crippen LogP) is 3.16. The van der Waals surface area contributed by atoms with E-state index < -0.39 is 0 Å². The van der Waals surface area contributed by atoms with Crippen LogP contribution in [0.1, 0.15) is 31.2 Å². The highest BCUT2D eigenvalue weighted by Gasteiger charge is 2.21. The largest absolute Gasteiger partial charge is 0.497 e. The molecular formula is C17H27NO2. The second-order valence-corrected chi connectivity index (χ2v) is 5.90. The van der Waals surface area contributed by atoms with Crippen LogP contribution in [-0.4, -0.2) is 45.4 Å².